The van der Waals surface area contributed by atoms with E-state index in [-0.39, 0.29) is 12.4 Å². The molecular formula is C18H19N7O4. The van der Waals surface area contributed by atoms with Crippen molar-refractivity contribution in [1.82, 2.24) is 24.9 Å². The molecule has 0 spiro atoms. The van der Waals surface area contributed by atoms with Crippen molar-refractivity contribution in [3.63, 3.8) is 0 Å². The zero-order chi connectivity index (χ0) is 20.2. The first-order valence-corrected chi connectivity index (χ1v) is 8.89. The second-order valence-corrected chi connectivity index (χ2v) is 6.35. The summed E-state index contributed by atoms with van der Waals surface area (Å²) in [6.45, 7) is -0.314. The molecule has 29 heavy (non-hydrogen) atoms. The molecule has 1 aliphatic rings. The molecule has 0 unspecified atom stereocenters. The van der Waals surface area contributed by atoms with Crippen LogP contribution in [0.4, 0.5) is 10.6 Å². The molecule has 150 valence electrons. The molecule has 1 fully saturated rings. The lowest BCUT2D eigenvalue weighted by Gasteiger charge is -2.15. The summed E-state index contributed by atoms with van der Waals surface area (Å²) in [6.07, 6.45) is 2.02. The van der Waals surface area contributed by atoms with Gasteiger partial charge in [0, 0.05) is 6.42 Å². The first-order valence-electron chi connectivity index (χ1n) is 8.89. The summed E-state index contributed by atoms with van der Waals surface area (Å²) < 4.78 is 12.9. The Hall–Kier alpha value is -3.57. The molecule has 11 heteroatoms. The number of hydrazone groups is 1. The molecule has 0 aliphatic carbocycles. The Morgan fingerprint density at radius 1 is 1.38 bits per heavy atom. The number of hydrogen-bond acceptors (Lipinski definition) is 9. The first kappa shape index (κ1) is 18.8. The monoisotopic (exact) mass is 397 g/mol. The van der Waals surface area contributed by atoms with Gasteiger partial charge in [0.1, 0.15) is 30.3 Å². The summed E-state index contributed by atoms with van der Waals surface area (Å²) in [6, 6.07) is 9.30. The second kappa shape index (κ2) is 8.20. The van der Waals surface area contributed by atoms with Gasteiger partial charge in [0.25, 0.3) is 0 Å². The van der Waals surface area contributed by atoms with Gasteiger partial charge in [-0.2, -0.15) is 5.10 Å². The Labute approximate surface area is 165 Å². The third-order valence-corrected chi connectivity index (χ3v) is 4.49. The number of aromatic nitrogens is 4. The van der Waals surface area contributed by atoms with Gasteiger partial charge in [0.05, 0.1) is 19.1 Å². The van der Waals surface area contributed by atoms with Gasteiger partial charge in [-0.3, -0.25) is 4.57 Å². The molecule has 3 aromatic rings. The van der Waals surface area contributed by atoms with Crippen molar-refractivity contribution in [3.05, 3.63) is 48.5 Å². The van der Waals surface area contributed by atoms with Gasteiger partial charge in [0.2, 0.25) is 0 Å². The number of aliphatic hydroxyl groups excluding tert-OH is 1. The molecule has 1 aliphatic heterocycles. The molecule has 4 rings (SSSR count). The van der Waals surface area contributed by atoms with Crippen LogP contribution in [-0.4, -0.2) is 55.7 Å². The summed E-state index contributed by atoms with van der Waals surface area (Å²) in [5.74, 6) is 0.258. The Bertz CT molecular complexity index is 1020. The molecule has 1 aromatic carbocycles. The van der Waals surface area contributed by atoms with Gasteiger partial charge < -0.3 is 20.3 Å². The molecule has 0 bridgehead atoms. The smallest absolute Gasteiger partial charge is 0.428 e. The minimum absolute atomic E-state index is 0.258. The van der Waals surface area contributed by atoms with Crippen LogP contribution in [0.5, 0.6) is 0 Å². The number of nitrogens with zero attached hydrogens (tertiary/aromatic N) is 5. The van der Waals surface area contributed by atoms with Crippen LogP contribution in [0, 0.1) is 0 Å². The largest absolute Gasteiger partial charge is 0.442 e. The number of hydrogen-bond donors (Lipinski definition) is 3. The first-order chi connectivity index (χ1) is 14.2. The molecular weight excluding hydrogens is 378 g/mol. The van der Waals surface area contributed by atoms with E-state index < -0.39 is 24.5 Å². The van der Waals surface area contributed by atoms with Crippen LogP contribution < -0.4 is 11.2 Å². The highest BCUT2D eigenvalue weighted by atomic mass is 16.6. The van der Waals surface area contributed by atoms with Crippen LogP contribution >= 0.6 is 0 Å². The molecule has 3 heterocycles. The standard InChI is InChI=1S/C18H19N7O4/c19-16-15-17(21-9-20-16)25(10-22-15)14-6-12(13(8-26)28-14)29-18(27)24-23-7-11-4-2-1-3-5-11/h1-5,7,9-10,12-14,26H,6,8H2,(H,24,27)(H2,19,20,21)/b23-7+/t12-,13+,14+/m0/s1. The normalized spacial score (nSPS) is 21.6. The lowest BCUT2D eigenvalue weighted by Crippen LogP contribution is -2.33. The van der Waals surface area contributed by atoms with E-state index in [0.29, 0.717) is 17.6 Å². The van der Waals surface area contributed by atoms with Crippen molar-refractivity contribution in [2.45, 2.75) is 24.9 Å². The van der Waals surface area contributed by atoms with E-state index in [9.17, 15) is 9.90 Å². The number of aliphatic hydroxyl groups is 1. The highest BCUT2D eigenvalue weighted by molar-refractivity contribution is 5.81. The topological polar surface area (TPSA) is 150 Å². The fraction of sp³-hybridized carbons (Fsp3) is 0.278. The van der Waals surface area contributed by atoms with E-state index in [0.717, 1.165) is 5.56 Å². The summed E-state index contributed by atoms with van der Waals surface area (Å²) in [5.41, 5.74) is 9.89. The van der Waals surface area contributed by atoms with E-state index in [4.69, 9.17) is 15.2 Å². The van der Waals surface area contributed by atoms with E-state index in [2.05, 4.69) is 25.5 Å². The maximum atomic E-state index is 12.1. The fourth-order valence-electron chi connectivity index (χ4n) is 3.10. The molecule has 0 saturated carbocycles. The number of nitrogen functional groups attached to an aromatic ring is 1. The Morgan fingerprint density at radius 3 is 3.00 bits per heavy atom. The third kappa shape index (κ3) is 4.00. The highest BCUT2D eigenvalue weighted by Crippen LogP contribution is 2.32. The Kier molecular flexibility index (Phi) is 5.31. The zero-order valence-electron chi connectivity index (χ0n) is 15.3. The van der Waals surface area contributed by atoms with Crippen LogP contribution in [-0.2, 0) is 9.47 Å². The van der Waals surface area contributed by atoms with Gasteiger partial charge in [-0.15, -0.1) is 0 Å². The van der Waals surface area contributed by atoms with Crippen LogP contribution in [0.25, 0.3) is 11.2 Å². The number of fused-ring (bicyclic) bond motifs is 1. The number of rotatable bonds is 5. The van der Waals surface area contributed by atoms with Gasteiger partial charge in [0.15, 0.2) is 11.5 Å². The SMILES string of the molecule is Nc1ncnc2c1ncn2[C@H]1C[C@H](OC(=O)N/N=C/c2ccccc2)[C@@H](CO)O1. The zero-order valence-corrected chi connectivity index (χ0v) is 15.3. The summed E-state index contributed by atoms with van der Waals surface area (Å²) in [7, 11) is 0. The van der Waals surface area contributed by atoms with Crippen molar-refractivity contribution in [1.29, 1.82) is 0 Å². The average molecular weight is 397 g/mol. The van der Waals surface area contributed by atoms with Crippen LogP contribution in [0.2, 0.25) is 0 Å². The molecule has 3 atom stereocenters. The Morgan fingerprint density at radius 2 is 2.21 bits per heavy atom. The van der Waals surface area contributed by atoms with Crippen molar-refractivity contribution >= 4 is 29.3 Å². The maximum Gasteiger partial charge on any atom is 0.428 e. The number of nitrogens with one attached hydrogen (secondary N) is 1. The van der Waals surface area contributed by atoms with E-state index in [1.807, 2.05) is 30.3 Å². The molecule has 0 radical (unpaired) electrons. The molecule has 2 aromatic heterocycles. The van der Waals surface area contributed by atoms with E-state index in [1.54, 1.807) is 4.57 Å². The van der Waals surface area contributed by atoms with Crippen molar-refractivity contribution in [2.24, 2.45) is 5.10 Å². The van der Waals surface area contributed by atoms with Crippen LogP contribution in [0.15, 0.2) is 48.1 Å². The lowest BCUT2D eigenvalue weighted by molar-refractivity contribution is -0.0458. The van der Waals surface area contributed by atoms with Gasteiger partial charge in [-0.25, -0.2) is 25.2 Å². The van der Waals surface area contributed by atoms with Crippen molar-refractivity contribution in [2.75, 3.05) is 12.3 Å². The highest BCUT2D eigenvalue weighted by Gasteiger charge is 2.39. The van der Waals surface area contributed by atoms with Crippen molar-refractivity contribution < 1.29 is 19.4 Å². The van der Waals surface area contributed by atoms with Crippen molar-refractivity contribution in [3.8, 4) is 0 Å². The maximum absolute atomic E-state index is 12.1. The van der Waals surface area contributed by atoms with E-state index >= 15 is 0 Å². The molecule has 4 N–H and O–H groups in total. The summed E-state index contributed by atoms with van der Waals surface area (Å²) >= 11 is 0. The van der Waals surface area contributed by atoms with Crippen LogP contribution in [0.3, 0.4) is 0 Å². The minimum atomic E-state index is -0.744. The number of benzene rings is 1. The fourth-order valence-corrected chi connectivity index (χ4v) is 3.10. The van der Waals surface area contributed by atoms with E-state index in [1.165, 1.54) is 18.9 Å². The average Bonchev–Trinajstić information content (AvgIpc) is 3.33. The van der Waals surface area contributed by atoms with Gasteiger partial charge in [-0.05, 0) is 5.56 Å². The number of carbonyl (C=O) groups excluding carboxylic acids is 1. The predicted molar refractivity (Wildman–Crippen MR) is 103 cm³/mol. The predicted octanol–water partition coefficient (Wildman–Crippen LogP) is 0.817. The minimum Gasteiger partial charge on any atom is -0.442 e. The number of amides is 1. The number of anilines is 1. The number of imidazole rings is 1. The number of carbonyl (C=O) groups is 1. The number of ether oxygens (including phenoxy) is 2. The van der Waals surface area contributed by atoms with Crippen LogP contribution in [0.1, 0.15) is 18.2 Å². The van der Waals surface area contributed by atoms with Gasteiger partial charge >= 0.3 is 6.09 Å². The summed E-state index contributed by atoms with van der Waals surface area (Å²) in [5, 5.41) is 13.5. The number of nitrogens with two attached hydrogens (primary N) is 1. The molecule has 1 amide bonds. The third-order valence-electron chi connectivity index (χ3n) is 4.49. The summed E-state index contributed by atoms with van der Waals surface area (Å²) in [4.78, 5) is 24.3. The second-order valence-electron chi connectivity index (χ2n) is 6.35. The van der Waals surface area contributed by atoms with Gasteiger partial charge in [-0.1, -0.05) is 30.3 Å². The molecule has 11 nitrogen and oxygen atoms in total. The quantitative estimate of drug-likeness (QED) is 0.423. The Balaban J connectivity index is 1.41. The molecule has 1 saturated heterocycles. The lowest BCUT2D eigenvalue weighted by atomic mass is 10.2.